The van der Waals surface area contributed by atoms with E-state index in [9.17, 15) is 4.79 Å². The number of carbonyl (C=O) groups is 1. The molecule has 236 valence electrons. The smallest absolute Gasteiger partial charge is 0.461 e. The van der Waals surface area contributed by atoms with Crippen LogP contribution in [0.1, 0.15) is 37.7 Å². The van der Waals surface area contributed by atoms with E-state index in [0.717, 1.165) is 38.8 Å². The van der Waals surface area contributed by atoms with E-state index in [2.05, 4.69) is 25.1 Å². The van der Waals surface area contributed by atoms with Crippen molar-refractivity contribution in [2.24, 2.45) is 0 Å². The van der Waals surface area contributed by atoms with E-state index in [-0.39, 0.29) is 42.5 Å². The normalized spacial score (nSPS) is 22.0. The summed E-state index contributed by atoms with van der Waals surface area (Å²) in [6, 6.07) is 1.85. The molecule has 1 N–H and O–H groups in total. The number of nitrogens with zero attached hydrogens (tertiary/aromatic N) is 6. The molecule has 0 saturated carbocycles. The lowest BCUT2D eigenvalue weighted by Crippen LogP contribution is -2.43. The molecule has 5 aliphatic heterocycles. The van der Waals surface area contributed by atoms with Crippen LogP contribution in [0.3, 0.4) is 0 Å². The molecule has 9 rings (SSSR count). The highest BCUT2D eigenvalue weighted by molar-refractivity contribution is 6.33. The summed E-state index contributed by atoms with van der Waals surface area (Å²) in [7, 11) is 0. The van der Waals surface area contributed by atoms with Crippen molar-refractivity contribution in [1.29, 1.82) is 0 Å². The largest absolute Gasteiger partial charge is 0.508 e. The molecule has 4 aromatic rings. The number of rotatable bonds is 3. The van der Waals surface area contributed by atoms with Crippen LogP contribution < -0.4 is 9.64 Å². The Morgan fingerprint density at radius 2 is 1.98 bits per heavy atom. The maximum absolute atomic E-state index is 17.0. The van der Waals surface area contributed by atoms with Gasteiger partial charge in [-0.2, -0.15) is 15.1 Å². The van der Waals surface area contributed by atoms with Crippen LogP contribution in [0.5, 0.6) is 6.01 Å². The number of halogens is 2. The third-order valence-electron chi connectivity index (χ3n) is 9.55. The first kappa shape index (κ1) is 28.6. The molecule has 0 aliphatic carbocycles. The standard InChI is InChI=1S/C31H33ClFN7O5/c32-22-12-23-20(14-35-38-23)24-19(22)4-1-10-43-30(41)45-18-15-39(9-11-42-16-18)28-21-13-34-27(24)25(33)26(21)36-29(37-28)44-17-31-5-2-7-40(31)8-3-6-31/h12-14,18H,1-11,15-17H2,(H,35,38). The molecule has 3 fully saturated rings. The topological polar surface area (TPSA) is 128 Å². The van der Waals surface area contributed by atoms with Gasteiger partial charge in [-0.25, -0.2) is 9.18 Å². The number of pyridine rings is 1. The second kappa shape index (κ2) is 11.5. The van der Waals surface area contributed by atoms with Crippen molar-refractivity contribution in [3.63, 3.8) is 0 Å². The van der Waals surface area contributed by atoms with Gasteiger partial charge in [0.05, 0.1) is 49.0 Å². The van der Waals surface area contributed by atoms with Gasteiger partial charge < -0.3 is 23.8 Å². The van der Waals surface area contributed by atoms with E-state index in [0.29, 0.717) is 70.9 Å². The third-order valence-corrected chi connectivity index (χ3v) is 9.88. The molecular formula is C31H33ClFN7O5. The summed E-state index contributed by atoms with van der Waals surface area (Å²) < 4.78 is 40.1. The van der Waals surface area contributed by atoms with Gasteiger partial charge in [-0.1, -0.05) is 11.6 Å². The number of nitrogens with one attached hydrogen (secondary N) is 1. The number of anilines is 1. The van der Waals surface area contributed by atoms with Crippen LogP contribution in [-0.2, 0) is 20.6 Å². The van der Waals surface area contributed by atoms with Crippen LogP contribution >= 0.6 is 11.6 Å². The lowest BCUT2D eigenvalue weighted by Gasteiger charge is -2.31. The van der Waals surface area contributed by atoms with Crippen LogP contribution in [0.15, 0.2) is 18.5 Å². The van der Waals surface area contributed by atoms with Crippen LogP contribution in [-0.4, -0.2) is 100 Å². The average molecular weight is 638 g/mol. The molecule has 0 amide bonds. The fourth-order valence-corrected chi connectivity index (χ4v) is 7.69. The molecule has 6 bridgehead atoms. The van der Waals surface area contributed by atoms with Gasteiger partial charge in [-0.15, -0.1) is 0 Å². The summed E-state index contributed by atoms with van der Waals surface area (Å²) in [6.45, 7) is 3.85. The van der Waals surface area contributed by atoms with Crippen LogP contribution in [0, 0.1) is 5.82 Å². The molecule has 0 spiro atoms. The highest BCUT2D eigenvalue weighted by atomic mass is 35.5. The van der Waals surface area contributed by atoms with Gasteiger partial charge in [0.1, 0.15) is 29.7 Å². The molecule has 3 aromatic heterocycles. The monoisotopic (exact) mass is 637 g/mol. The van der Waals surface area contributed by atoms with Gasteiger partial charge >= 0.3 is 12.2 Å². The minimum Gasteiger partial charge on any atom is -0.461 e. The molecule has 3 saturated heterocycles. The average Bonchev–Trinajstić information content (AvgIpc) is 3.71. The van der Waals surface area contributed by atoms with Crippen molar-refractivity contribution < 1.29 is 28.1 Å². The SMILES string of the molecule is O=C1OCCCc2c(Cl)cc3[nH]ncc3c2-c2ncc3c(nc(OCC45CCCN4CCC5)nc3c2F)N2CCOCC(C2)O1. The van der Waals surface area contributed by atoms with E-state index >= 15 is 4.39 Å². The van der Waals surface area contributed by atoms with E-state index < -0.39 is 18.1 Å². The predicted molar refractivity (Wildman–Crippen MR) is 163 cm³/mol. The number of hydrogen-bond donors (Lipinski definition) is 1. The zero-order valence-electron chi connectivity index (χ0n) is 24.7. The van der Waals surface area contributed by atoms with Gasteiger partial charge in [0.2, 0.25) is 0 Å². The first-order valence-corrected chi connectivity index (χ1v) is 15.9. The summed E-state index contributed by atoms with van der Waals surface area (Å²) in [4.78, 5) is 31.2. The summed E-state index contributed by atoms with van der Waals surface area (Å²) in [5.41, 5.74) is 1.96. The third kappa shape index (κ3) is 5.10. The molecule has 12 nitrogen and oxygen atoms in total. The van der Waals surface area contributed by atoms with Gasteiger partial charge in [0, 0.05) is 28.7 Å². The summed E-state index contributed by atoms with van der Waals surface area (Å²) in [6.07, 6.45) is 6.98. The highest BCUT2D eigenvalue weighted by Gasteiger charge is 2.45. The van der Waals surface area contributed by atoms with Gasteiger partial charge in [0.15, 0.2) is 5.82 Å². The van der Waals surface area contributed by atoms with Crippen molar-refractivity contribution in [2.75, 3.05) is 57.5 Å². The zero-order valence-corrected chi connectivity index (χ0v) is 25.4. The number of fused-ring (bicyclic) bond motifs is 8. The van der Waals surface area contributed by atoms with E-state index in [1.54, 1.807) is 18.5 Å². The summed E-state index contributed by atoms with van der Waals surface area (Å²) in [5, 5.41) is 8.62. The summed E-state index contributed by atoms with van der Waals surface area (Å²) >= 11 is 6.77. The first-order chi connectivity index (χ1) is 22.0. The Labute approximate surface area is 263 Å². The number of carbonyl (C=O) groups excluding carboxylic acids is 1. The maximum atomic E-state index is 17.0. The van der Waals surface area contributed by atoms with E-state index in [1.807, 2.05) is 4.90 Å². The second-order valence-corrected chi connectivity index (χ2v) is 12.6. The quantitative estimate of drug-likeness (QED) is 0.315. The molecule has 1 atom stereocenters. The van der Waals surface area contributed by atoms with Gasteiger partial charge in [-0.3, -0.25) is 15.0 Å². The van der Waals surface area contributed by atoms with Crippen LogP contribution in [0.4, 0.5) is 15.0 Å². The molecule has 14 heteroatoms. The first-order valence-electron chi connectivity index (χ1n) is 15.5. The van der Waals surface area contributed by atoms with Crippen LogP contribution in [0.25, 0.3) is 33.1 Å². The second-order valence-electron chi connectivity index (χ2n) is 12.2. The minimum atomic E-state index is -0.779. The Bertz CT molecular complexity index is 1780. The van der Waals surface area contributed by atoms with E-state index in [1.165, 1.54) is 0 Å². The molecule has 1 unspecified atom stereocenters. The zero-order chi connectivity index (χ0) is 30.5. The molecule has 0 radical (unpaired) electrons. The number of hydrogen-bond acceptors (Lipinski definition) is 11. The Morgan fingerprint density at radius 1 is 1.11 bits per heavy atom. The Hall–Kier alpha value is -3.81. The molecule has 45 heavy (non-hydrogen) atoms. The van der Waals surface area contributed by atoms with Crippen LogP contribution in [0.2, 0.25) is 5.02 Å². The van der Waals surface area contributed by atoms with Gasteiger partial charge in [0.25, 0.3) is 0 Å². The number of H-pyrrole nitrogens is 1. The Kier molecular flexibility index (Phi) is 7.34. The molecule has 8 heterocycles. The molecule has 1 aromatic carbocycles. The number of aromatic amines is 1. The van der Waals surface area contributed by atoms with Gasteiger partial charge in [-0.05, 0) is 63.2 Å². The Morgan fingerprint density at radius 3 is 2.84 bits per heavy atom. The molecule has 5 aliphatic rings. The highest BCUT2D eigenvalue weighted by Crippen LogP contribution is 2.41. The lowest BCUT2D eigenvalue weighted by atomic mass is 9.95. The van der Waals surface area contributed by atoms with Crippen molar-refractivity contribution in [2.45, 2.75) is 50.2 Å². The number of aromatic nitrogens is 5. The molecular weight excluding hydrogens is 605 g/mol. The lowest BCUT2D eigenvalue weighted by molar-refractivity contribution is -0.00448. The fourth-order valence-electron chi connectivity index (χ4n) is 7.40. The fraction of sp³-hybridized carbons (Fsp3) is 0.516. The minimum absolute atomic E-state index is 0.0491. The van der Waals surface area contributed by atoms with Crippen molar-refractivity contribution >= 4 is 45.4 Å². The maximum Gasteiger partial charge on any atom is 0.508 e. The van der Waals surface area contributed by atoms with E-state index in [4.69, 9.17) is 35.5 Å². The number of ether oxygens (including phenoxy) is 4. The van der Waals surface area contributed by atoms with Crippen molar-refractivity contribution in [3.05, 3.63) is 34.9 Å². The predicted octanol–water partition coefficient (Wildman–Crippen LogP) is 4.67. The van der Waals surface area contributed by atoms with Crippen molar-refractivity contribution in [1.82, 2.24) is 30.0 Å². The summed E-state index contributed by atoms with van der Waals surface area (Å²) in [5.74, 6) is -0.176. The number of benzene rings is 1. The Balaban J connectivity index is 1.30. The van der Waals surface area contributed by atoms with Crippen molar-refractivity contribution in [3.8, 4) is 17.3 Å².